The predicted octanol–water partition coefficient (Wildman–Crippen LogP) is 2.73. The molecule has 0 atom stereocenters. The molecule has 3 rings (SSSR count). The number of benzene rings is 3. The van der Waals surface area contributed by atoms with Gasteiger partial charge >= 0.3 is 0 Å². The van der Waals surface area contributed by atoms with Crippen LogP contribution in [-0.2, 0) is 18.1 Å². The van der Waals surface area contributed by atoms with Gasteiger partial charge in [0.05, 0.1) is 0 Å². The summed E-state index contributed by atoms with van der Waals surface area (Å²) in [6, 6.07) is 37.8. The van der Waals surface area contributed by atoms with Crippen LogP contribution >= 0.6 is 0 Å². The normalized spacial score (nSPS) is 11.9. The van der Waals surface area contributed by atoms with E-state index in [1.807, 2.05) is 0 Å². The molecule has 0 unspecified atom stereocenters. The van der Waals surface area contributed by atoms with Crippen LogP contribution < -0.4 is 0 Å². The highest BCUT2D eigenvalue weighted by atomic mass is 29.5. The lowest BCUT2D eigenvalue weighted by molar-refractivity contribution is 1.29. The van der Waals surface area contributed by atoms with E-state index >= 15 is 0 Å². The Hall–Kier alpha value is -1.69. The summed E-state index contributed by atoms with van der Waals surface area (Å²) in [5.74, 6) is 0. The van der Waals surface area contributed by atoms with Crippen molar-refractivity contribution in [3.8, 4) is 0 Å². The van der Waals surface area contributed by atoms with Gasteiger partial charge < -0.3 is 0 Å². The average Bonchev–Trinajstić information content (AvgIpc) is 2.64. The average molecular weight is 363 g/mol. The minimum atomic E-state index is -0.628. The topological polar surface area (TPSA) is 0 Å². The molecule has 0 aromatic heterocycles. The van der Waals surface area contributed by atoms with Crippen LogP contribution in [0, 0.1) is 0 Å². The molecule has 0 saturated carbocycles. The van der Waals surface area contributed by atoms with Gasteiger partial charge in [-0.2, -0.15) is 0 Å². The van der Waals surface area contributed by atoms with Gasteiger partial charge in [0.1, 0.15) is 0 Å². The molecule has 0 fully saturated rings. The molecule has 24 heavy (non-hydrogen) atoms. The Kier molecular flexibility index (Phi) is 6.84. The maximum absolute atomic E-state index is 2.33. The van der Waals surface area contributed by atoms with Gasteiger partial charge in [-0.25, -0.2) is 0 Å². The smallest absolute Gasteiger partial charge is 0.0305 e. The SMILES string of the molecule is c1ccc(C[SiH2][SiH2][SiH](Cc2ccccc2)Cc2ccccc2)cc1. The first-order valence-corrected chi connectivity index (χ1v) is 18.9. The van der Waals surface area contributed by atoms with Gasteiger partial charge in [0.15, 0.2) is 0 Å². The third kappa shape index (κ3) is 5.74. The zero-order valence-electron chi connectivity index (χ0n) is 14.3. The van der Waals surface area contributed by atoms with Crippen LogP contribution in [0.2, 0.25) is 0 Å². The van der Waals surface area contributed by atoms with E-state index in [1.165, 1.54) is 18.1 Å². The fraction of sp³-hybridized carbons (Fsp3) is 0.143. The Morgan fingerprint density at radius 2 is 0.958 bits per heavy atom. The molecular formula is C21H26Si3. The van der Waals surface area contributed by atoms with Gasteiger partial charge in [-0.3, -0.25) is 0 Å². The summed E-state index contributed by atoms with van der Waals surface area (Å²) in [5.41, 5.74) is 4.72. The van der Waals surface area contributed by atoms with E-state index in [-0.39, 0.29) is 17.6 Å². The highest BCUT2D eigenvalue weighted by Gasteiger charge is 2.13. The lowest BCUT2D eigenvalue weighted by Gasteiger charge is -2.15. The fourth-order valence-electron chi connectivity index (χ4n) is 3.41. The van der Waals surface area contributed by atoms with Gasteiger partial charge in [0.25, 0.3) is 0 Å². The van der Waals surface area contributed by atoms with E-state index < -0.39 is 8.31 Å². The van der Waals surface area contributed by atoms with Gasteiger partial charge in [0.2, 0.25) is 0 Å². The maximum atomic E-state index is 2.33. The van der Waals surface area contributed by atoms with Gasteiger partial charge in [-0.05, 0) is 18.1 Å². The van der Waals surface area contributed by atoms with Crippen LogP contribution in [-0.4, -0.2) is 25.9 Å². The largest absolute Gasteiger partial charge is 0.0622 e. The second-order valence-corrected chi connectivity index (χ2v) is 23.5. The molecule has 0 radical (unpaired) electrons. The van der Waals surface area contributed by atoms with E-state index in [4.69, 9.17) is 0 Å². The lowest BCUT2D eigenvalue weighted by atomic mass is 10.2. The quantitative estimate of drug-likeness (QED) is 0.541. The van der Waals surface area contributed by atoms with Crippen molar-refractivity contribution in [1.82, 2.24) is 0 Å². The molecule has 0 amide bonds. The Balaban J connectivity index is 1.60. The summed E-state index contributed by atoms with van der Waals surface area (Å²) in [4.78, 5) is 0. The molecule has 3 heteroatoms. The van der Waals surface area contributed by atoms with Crippen molar-refractivity contribution in [2.45, 2.75) is 18.1 Å². The van der Waals surface area contributed by atoms with Crippen molar-refractivity contribution in [2.24, 2.45) is 0 Å². The number of hydrogen-bond donors (Lipinski definition) is 0. The van der Waals surface area contributed by atoms with Crippen LogP contribution in [0.5, 0.6) is 0 Å². The van der Waals surface area contributed by atoms with Crippen LogP contribution in [0.15, 0.2) is 91.0 Å². The first kappa shape index (κ1) is 17.1. The van der Waals surface area contributed by atoms with E-state index in [1.54, 1.807) is 16.7 Å². The molecule has 0 heterocycles. The second kappa shape index (κ2) is 9.57. The molecular weight excluding hydrogens is 336 g/mol. The summed E-state index contributed by atoms with van der Waals surface area (Å²) in [5, 5.41) is 0. The van der Waals surface area contributed by atoms with E-state index in [2.05, 4.69) is 91.0 Å². The standard InChI is InChI=1S/C21H26Si3/c1-4-10-19(11-5-1)16-22-23-24(17-20-12-6-2-7-13-20)18-21-14-8-3-9-15-21/h1-15,24H,16-18,22-23H2. The third-order valence-electron chi connectivity index (χ3n) is 4.66. The maximum Gasteiger partial charge on any atom is 0.0305 e. The highest BCUT2D eigenvalue weighted by molar-refractivity contribution is 7.35. The fourth-order valence-corrected chi connectivity index (χ4v) is 24.9. The van der Waals surface area contributed by atoms with Crippen molar-refractivity contribution in [3.63, 3.8) is 0 Å². The molecule has 0 nitrogen and oxygen atoms in total. The Morgan fingerprint density at radius 3 is 1.42 bits per heavy atom. The molecule has 0 spiro atoms. The Bertz CT molecular complexity index is 657. The Labute approximate surface area is 151 Å². The van der Waals surface area contributed by atoms with Crippen LogP contribution in [0.4, 0.5) is 0 Å². The van der Waals surface area contributed by atoms with Crippen molar-refractivity contribution in [3.05, 3.63) is 108 Å². The van der Waals surface area contributed by atoms with Gasteiger partial charge in [-0.1, -0.05) is 108 Å². The van der Waals surface area contributed by atoms with Crippen LogP contribution in [0.3, 0.4) is 0 Å². The lowest BCUT2D eigenvalue weighted by Crippen LogP contribution is -2.34. The van der Waals surface area contributed by atoms with Crippen molar-refractivity contribution in [2.75, 3.05) is 0 Å². The van der Waals surface area contributed by atoms with Crippen molar-refractivity contribution in [1.29, 1.82) is 0 Å². The minimum Gasteiger partial charge on any atom is -0.0622 e. The summed E-state index contributed by atoms with van der Waals surface area (Å²) in [6.45, 7) is 0. The van der Waals surface area contributed by atoms with Gasteiger partial charge in [-0.15, -0.1) is 0 Å². The molecule has 0 bridgehead atoms. The molecule has 0 aliphatic carbocycles. The van der Waals surface area contributed by atoms with Crippen LogP contribution in [0.25, 0.3) is 0 Å². The molecule has 0 N–H and O–H groups in total. The first-order chi connectivity index (χ1) is 11.9. The number of rotatable bonds is 8. The summed E-state index contributed by atoms with van der Waals surface area (Å²) < 4.78 is 0. The second-order valence-electron chi connectivity index (χ2n) is 6.62. The molecule has 3 aromatic carbocycles. The predicted molar refractivity (Wildman–Crippen MR) is 115 cm³/mol. The summed E-state index contributed by atoms with van der Waals surface area (Å²) in [7, 11) is -0.322. The van der Waals surface area contributed by atoms with E-state index in [0.29, 0.717) is 0 Å². The minimum absolute atomic E-state index is 0.134. The van der Waals surface area contributed by atoms with Crippen LogP contribution in [0.1, 0.15) is 16.7 Å². The van der Waals surface area contributed by atoms with Crippen molar-refractivity contribution >= 4 is 25.9 Å². The summed E-state index contributed by atoms with van der Waals surface area (Å²) >= 11 is 0. The molecule has 3 aromatic rings. The molecule has 0 aliphatic heterocycles. The molecule has 0 aliphatic rings. The molecule has 0 saturated heterocycles. The zero-order valence-corrected chi connectivity index (χ0v) is 18.3. The Morgan fingerprint density at radius 1 is 0.542 bits per heavy atom. The van der Waals surface area contributed by atoms with Gasteiger partial charge in [0, 0.05) is 25.9 Å². The van der Waals surface area contributed by atoms with E-state index in [9.17, 15) is 0 Å². The summed E-state index contributed by atoms with van der Waals surface area (Å²) in [6.07, 6.45) is 0. The van der Waals surface area contributed by atoms with E-state index in [0.717, 1.165) is 0 Å². The highest BCUT2D eigenvalue weighted by Crippen LogP contribution is 2.08. The number of hydrogen-bond acceptors (Lipinski definition) is 0. The first-order valence-electron chi connectivity index (χ1n) is 9.02. The zero-order chi connectivity index (χ0) is 16.5. The monoisotopic (exact) mass is 362 g/mol. The molecule has 122 valence electrons. The third-order valence-corrected chi connectivity index (χ3v) is 26.4. The van der Waals surface area contributed by atoms with Crippen molar-refractivity contribution < 1.29 is 0 Å².